The minimum atomic E-state index is -0.617. The van der Waals surface area contributed by atoms with Crippen molar-refractivity contribution >= 4 is 0 Å². The third-order valence-corrected chi connectivity index (χ3v) is 3.40. The van der Waals surface area contributed by atoms with Gasteiger partial charge in [-0.05, 0) is 61.1 Å². The number of aliphatic hydroxyl groups is 1. The highest BCUT2D eigenvalue weighted by atomic mass is 19.1. The van der Waals surface area contributed by atoms with Gasteiger partial charge in [-0.1, -0.05) is 30.3 Å². The molecule has 1 unspecified atom stereocenters. The van der Waals surface area contributed by atoms with Crippen LogP contribution in [-0.2, 0) is 6.42 Å². The molecule has 0 aliphatic carbocycles. The number of halogens is 1. The van der Waals surface area contributed by atoms with Gasteiger partial charge in [0.05, 0.1) is 6.10 Å². The van der Waals surface area contributed by atoms with Crippen molar-refractivity contribution in [2.75, 3.05) is 0 Å². The first kappa shape index (κ1) is 13.8. The van der Waals surface area contributed by atoms with E-state index in [0.29, 0.717) is 12.0 Å². The second-order valence-corrected chi connectivity index (χ2v) is 5.04. The molecule has 100 valence electrons. The molecule has 0 saturated heterocycles. The summed E-state index contributed by atoms with van der Waals surface area (Å²) in [6.45, 7) is 3.90. The summed E-state index contributed by atoms with van der Waals surface area (Å²) in [4.78, 5) is 0. The second-order valence-electron chi connectivity index (χ2n) is 5.04. The summed E-state index contributed by atoms with van der Waals surface area (Å²) >= 11 is 0. The topological polar surface area (TPSA) is 20.2 Å². The molecule has 2 rings (SSSR count). The van der Waals surface area contributed by atoms with Gasteiger partial charge in [-0.15, -0.1) is 0 Å². The van der Waals surface area contributed by atoms with Gasteiger partial charge in [-0.2, -0.15) is 0 Å². The van der Waals surface area contributed by atoms with Crippen molar-refractivity contribution in [1.29, 1.82) is 0 Å². The molecule has 2 aromatic carbocycles. The van der Waals surface area contributed by atoms with Crippen LogP contribution < -0.4 is 0 Å². The Morgan fingerprint density at radius 3 is 2.53 bits per heavy atom. The molecule has 0 heterocycles. The van der Waals surface area contributed by atoms with Gasteiger partial charge in [0.2, 0.25) is 0 Å². The maximum absolute atomic E-state index is 13.3. The fourth-order valence-corrected chi connectivity index (χ4v) is 2.31. The van der Waals surface area contributed by atoms with Crippen LogP contribution >= 0.6 is 0 Å². The lowest BCUT2D eigenvalue weighted by Crippen LogP contribution is -2.01. The van der Waals surface area contributed by atoms with Crippen molar-refractivity contribution in [3.8, 4) is 0 Å². The highest BCUT2D eigenvalue weighted by molar-refractivity contribution is 5.27. The summed E-state index contributed by atoms with van der Waals surface area (Å²) in [6.07, 6.45) is 0.783. The van der Waals surface area contributed by atoms with Gasteiger partial charge in [-0.3, -0.25) is 0 Å². The molecule has 0 radical (unpaired) electrons. The van der Waals surface area contributed by atoms with E-state index >= 15 is 0 Å². The van der Waals surface area contributed by atoms with E-state index in [4.69, 9.17) is 0 Å². The molecule has 1 nitrogen and oxygen atoms in total. The van der Waals surface area contributed by atoms with Crippen LogP contribution in [0.25, 0.3) is 0 Å². The molecule has 0 bridgehead atoms. The van der Waals surface area contributed by atoms with Crippen LogP contribution in [0.4, 0.5) is 4.39 Å². The fraction of sp³-hybridized carbons (Fsp3) is 0.294. The zero-order chi connectivity index (χ0) is 13.8. The fourth-order valence-electron chi connectivity index (χ4n) is 2.31. The van der Waals surface area contributed by atoms with E-state index in [-0.39, 0.29) is 5.82 Å². The minimum absolute atomic E-state index is 0.287. The van der Waals surface area contributed by atoms with Gasteiger partial charge in [0, 0.05) is 0 Å². The molecule has 0 spiro atoms. The second kappa shape index (κ2) is 5.98. The first-order chi connectivity index (χ1) is 9.06. The van der Waals surface area contributed by atoms with Crippen molar-refractivity contribution in [3.05, 3.63) is 70.5 Å². The third kappa shape index (κ3) is 3.65. The largest absolute Gasteiger partial charge is 0.388 e. The lowest BCUT2D eigenvalue weighted by atomic mass is 9.98. The van der Waals surface area contributed by atoms with E-state index in [0.717, 1.165) is 12.0 Å². The van der Waals surface area contributed by atoms with Gasteiger partial charge < -0.3 is 5.11 Å². The summed E-state index contributed by atoms with van der Waals surface area (Å²) in [6, 6.07) is 12.9. The first-order valence-corrected chi connectivity index (χ1v) is 6.56. The summed E-state index contributed by atoms with van der Waals surface area (Å²) in [5, 5.41) is 10.2. The molecule has 0 aliphatic heterocycles. The van der Waals surface area contributed by atoms with Gasteiger partial charge in [0.1, 0.15) is 5.82 Å². The molecular formula is C17H19FO. The van der Waals surface area contributed by atoms with Crippen LogP contribution in [0, 0.1) is 19.7 Å². The molecule has 0 amide bonds. The normalized spacial score (nSPS) is 12.4. The van der Waals surface area contributed by atoms with Gasteiger partial charge in [-0.25, -0.2) is 4.39 Å². The summed E-state index contributed by atoms with van der Waals surface area (Å²) in [5.74, 6) is -0.287. The minimum Gasteiger partial charge on any atom is -0.388 e. The monoisotopic (exact) mass is 258 g/mol. The summed E-state index contributed by atoms with van der Waals surface area (Å²) in [7, 11) is 0. The standard InChI is InChI=1S/C17H19FO/c1-12-9-15(11-16(18)10-12)17(19)8-7-14-6-4-3-5-13(14)2/h3-6,9-11,17,19H,7-8H2,1-2H3. The van der Waals surface area contributed by atoms with Gasteiger partial charge in [0.15, 0.2) is 0 Å². The zero-order valence-corrected chi connectivity index (χ0v) is 11.4. The Morgan fingerprint density at radius 2 is 1.84 bits per heavy atom. The molecule has 0 fully saturated rings. The molecule has 19 heavy (non-hydrogen) atoms. The summed E-state index contributed by atoms with van der Waals surface area (Å²) in [5.41, 5.74) is 3.95. The summed E-state index contributed by atoms with van der Waals surface area (Å²) < 4.78 is 13.3. The van der Waals surface area contributed by atoms with Crippen LogP contribution in [0.5, 0.6) is 0 Å². The van der Waals surface area contributed by atoms with Crippen LogP contribution in [-0.4, -0.2) is 5.11 Å². The Labute approximate surface area is 113 Å². The van der Waals surface area contributed by atoms with Crippen molar-refractivity contribution in [2.45, 2.75) is 32.8 Å². The van der Waals surface area contributed by atoms with Crippen LogP contribution in [0.2, 0.25) is 0 Å². The Morgan fingerprint density at radius 1 is 1.11 bits per heavy atom. The van der Waals surface area contributed by atoms with Crippen LogP contribution in [0.1, 0.15) is 34.8 Å². The van der Waals surface area contributed by atoms with Crippen LogP contribution in [0.3, 0.4) is 0 Å². The van der Waals surface area contributed by atoms with E-state index in [9.17, 15) is 9.50 Å². The molecule has 2 aromatic rings. The van der Waals surface area contributed by atoms with Gasteiger partial charge >= 0.3 is 0 Å². The molecule has 2 heteroatoms. The van der Waals surface area contributed by atoms with E-state index in [1.165, 1.54) is 23.3 Å². The van der Waals surface area contributed by atoms with Crippen molar-refractivity contribution in [2.24, 2.45) is 0 Å². The Kier molecular flexibility index (Phi) is 4.33. The van der Waals surface area contributed by atoms with E-state index in [1.807, 2.05) is 25.1 Å². The van der Waals surface area contributed by atoms with Crippen molar-refractivity contribution in [1.82, 2.24) is 0 Å². The number of hydrogen-bond donors (Lipinski definition) is 1. The van der Waals surface area contributed by atoms with Crippen LogP contribution in [0.15, 0.2) is 42.5 Å². The average molecular weight is 258 g/mol. The molecule has 0 aliphatic rings. The van der Waals surface area contributed by atoms with E-state index in [2.05, 4.69) is 19.1 Å². The SMILES string of the molecule is Cc1cc(F)cc(C(O)CCc2ccccc2C)c1. The Bertz CT molecular complexity index is 543. The maximum Gasteiger partial charge on any atom is 0.123 e. The highest BCUT2D eigenvalue weighted by Gasteiger charge is 2.10. The quantitative estimate of drug-likeness (QED) is 0.875. The molecule has 1 atom stereocenters. The lowest BCUT2D eigenvalue weighted by Gasteiger charge is -2.13. The predicted molar refractivity (Wildman–Crippen MR) is 75.6 cm³/mol. The molecular weight excluding hydrogens is 239 g/mol. The lowest BCUT2D eigenvalue weighted by molar-refractivity contribution is 0.167. The Balaban J connectivity index is 2.05. The van der Waals surface area contributed by atoms with E-state index in [1.54, 1.807) is 0 Å². The number of hydrogen-bond acceptors (Lipinski definition) is 1. The molecule has 0 aromatic heterocycles. The average Bonchev–Trinajstić information content (AvgIpc) is 2.36. The number of rotatable bonds is 4. The number of aliphatic hydroxyl groups excluding tert-OH is 1. The van der Waals surface area contributed by atoms with E-state index < -0.39 is 6.10 Å². The highest BCUT2D eigenvalue weighted by Crippen LogP contribution is 2.22. The predicted octanol–water partition coefficient (Wildman–Crippen LogP) is 4.11. The smallest absolute Gasteiger partial charge is 0.123 e. The first-order valence-electron chi connectivity index (χ1n) is 6.56. The van der Waals surface area contributed by atoms with Gasteiger partial charge in [0.25, 0.3) is 0 Å². The number of benzene rings is 2. The third-order valence-electron chi connectivity index (χ3n) is 3.40. The van der Waals surface area contributed by atoms with Crippen molar-refractivity contribution in [3.63, 3.8) is 0 Å². The molecule has 1 N–H and O–H groups in total. The Hall–Kier alpha value is -1.67. The molecule has 0 saturated carbocycles. The number of aryl methyl sites for hydroxylation is 3. The zero-order valence-electron chi connectivity index (χ0n) is 11.4. The van der Waals surface area contributed by atoms with Crippen molar-refractivity contribution < 1.29 is 9.50 Å². The maximum atomic E-state index is 13.3.